The summed E-state index contributed by atoms with van der Waals surface area (Å²) in [6.07, 6.45) is 0. The maximum atomic E-state index is 3.70. The van der Waals surface area contributed by atoms with Gasteiger partial charge >= 0.3 is 0 Å². The summed E-state index contributed by atoms with van der Waals surface area (Å²) in [5, 5.41) is 6.17. The molecule has 0 bridgehead atoms. The van der Waals surface area contributed by atoms with Crippen molar-refractivity contribution < 1.29 is 0 Å². The normalized spacial score (nSPS) is 11.2. The number of nitrogens with one attached hydrogen (secondary N) is 1. The summed E-state index contributed by atoms with van der Waals surface area (Å²) in [7, 11) is 0. The molecule has 0 amide bonds. The fourth-order valence-corrected chi connectivity index (χ4v) is 8.21. The lowest BCUT2D eigenvalue weighted by atomic mass is 9.92. The van der Waals surface area contributed by atoms with Crippen LogP contribution in [0, 0.1) is 0 Å². The Morgan fingerprint density at radius 1 is 0.368 bits per heavy atom. The third-order valence-corrected chi connectivity index (χ3v) is 10.8. The first-order chi connectivity index (χ1) is 28.3. The lowest BCUT2D eigenvalue weighted by molar-refractivity contribution is 1.18. The van der Waals surface area contributed by atoms with E-state index in [1.165, 1.54) is 44.1 Å². The average Bonchev–Trinajstić information content (AvgIpc) is 3.62. The van der Waals surface area contributed by atoms with E-state index < -0.39 is 0 Å². The third kappa shape index (κ3) is 6.41. The Bertz CT molecular complexity index is 2940. The number of hydrogen-bond donors (Lipinski definition) is 1. The second-order valence-corrected chi connectivity index (χ2v) is 14.2. The first-order valence-corrected chi connectivity index (χ1v) is 19.4. The molecule has 1 aromatic heterocycles. The summed E-state index contributed by atoms with van der Waals surface area (Å²) >= 11 is 0. The maximum Gasteiger partial charge on any atom is 0.0562 e. The van der Waals surface area contributed by atoms with E-state index in [-0.39, 0.29) is 0 Å². The van der Waals surface area contributed by atoms with E-state index >= 15 is 0 Å². The summed E-state index contributed by atoms with van der Waals surface area (Å²) in [6.45, 7) is 0. The Morgan fingerprint density at radius 2 is 0.912 bits per heavy atom. The number of hydrogen-bond acceptors (Lipinski definition) is 2. The molecule has 0 aliphatic carbocycles. The highest BCUT2D eigenvalue weighted by molar-refractivity contribution is 6.16. The van der Waals surface area contributed by atoms with Crippen LogP contribution in [0.2, 0.25) is 0 Å². The van der Waals surface area contributed by atoms with Gasteiger partial charge in [-0.3, -0.25) is 0 Å². The summed E-state index contributed by atoms with van der Waals surface area (Å²) in [6, 6.07) is 82.3. The standard InChI is InChI=1S/C54H39N3/c1-6-18-39(19-7-1)48-29-17-31-51-54(48)49-37-36-46(38-52(49)57(51)44-26-14-5-15-27-44)56(43-24-12-4-13-25-43)45-34-32-40(33-35-45)47-28-16-30-50(55-42-22-10-3-11-23-42)53(47)41-20-8-2-9-21-41/h1-38,55H. The summed E-state index contributed by atoms with van der Waals surface area (Å²) < 4.78 is 2.41. The number of para-hydroxylation sites is 3. The van der Waals surface area contributed by atoms with Crippen molar-refractivity contribution in [2.24, 2.45) is 0 Å². The highest BCUT2D eigenvalue weighted by Gasteiger charge is 2.20. The molecule has 3 nitrogen and oxygen atoms in total. The predicted octanol–water partition coefficient (Wildman–Crippen LogP) is 15.0. The smallest absolute Gasteiger partial charge is 0.0562 e. The number of fused-ring (bicyclic) bond motifs is 3. The van der Waals surface area contributed by atoms with Crippen molar-refractivity contribution in [1.82, 2.24) is 4.57 Å². The minimum Gasteiger partial charge on any atom is -0.355 e. The molecule has 0 radical (unpaired) electrons. The Kier molecular flexibility index (Phi) is 8.86. The molecule has 0 aliphatic rings. The molecule has 10 rings (SSSR count). The van der Waals surface area contributed by atoms with Gasteiger partial charge < -0.3 is 14.8 Å². The Labute approximate surface area is 333 Å². The van der Waals surface area contributed by atoms with Gasteiger partial charge in [0.2, 0.25) is 0 Å². The number of nitrogens with zero attached hydrogens (tertiary/aromatic N) is 2. The Balaban J connectivity index is 1.12. The van der Waals surface area contributed by atoms with Crippen LogP contribution in [-0.2, 0) is 0 Å². The molecule has 0 atom stereocenters. The first-order valence-electron chi connectivity index (χ1n) is 19.4. The van der Waals surface area contributed by atoms with Crippen molar-refractivity contribution in [3.05, 3.63) is 231 Å². The van der Waals surface area contributed by atoms with Crippen LogP contribution in [0.25, 0.3) is 60.9 Å². The van der Waals surface area contributed by atoms with Gasteiger partial charge in [0, 0.05) is 50.5 Å². The van der Waals surface area contributed by atoms with Gasteiger partial charge in [0.1, 0.15) is 0 Å². The van der Waals surface area contributed by atoms with E-state index in [0.29, 0.717) is 0 Å². The molecule has 57 heavy (non-hydrogen) atoms. The molecule has 270 valence electrons. The summed E-state index contributed by atoms with van der Waals surface area (Å²) in [4.78, 5) is 2.36. The fourth-order valence-electron chi connectivity index (χ4n) is 8.21. The van der Waals surface area contributed by atoms with E-state index in [2.05, 4.69) is 239 Å². The highest BCUT2D eigenvalue weighted by atomic mass is 15.1. The Hall–Kier alpha value is -7.62. The van der Waals surface area contributed by atoms with Gasteiger partial charge in [-0.1, -0.05) is 158 Å². The molecule has 3 heteroatoms. The van der Waals surface area contributed by atoms with E-state index in [1.807, 2.05) is 6.07 Å². The van der Waals surface area contributed by atoms with Crippen molar-refractivity contribution in [2.75, 3.05) is 10.2 Å². The van der Waals surface area contributed by atoms with E-state index in [9.17, 15) is 0 Å². The van der Waals surface area contributed by atoms with Gasteiger partial charge in [-0.05, 0) is 101 Å². The zero-order chi connectivity index (χ0) is 38.0. The van der Waals surface area contributed by atoms with Crippen LogP contribution in [0.3, 0.4) is 0 Å². The lowest BCUT2D eigenvalue weighted by Gasteiger charge is -2.26. The van der Waals surface area contributed by atoms with Crippen molar-refractivity contribution in [1.29, 1.82) is 0 Å². The quantitative estimate of drug-likeness (QED) is 0.160. The van der Waals surface area contributed by atoms with Gasteiger partial charge in [-0.2, -0.15) is 0 Å². The van der Waals surface area contributed by atoms with Gasteiger partial charge in [0.25, 0.3) is 0 Å². The molecule has 0 unspecified atom stereocenters. The molecule has 0 saturated heterocycles. The molecule has 10 aromatic rings. The van der Waals surface area contributed by atoms with Crippen LogP contribution in [0.5, 0.6) is 0 Å². The summed E-state index contributed by atoms with van der Waals surface area (Å²) in [5.41, 5.74) is 16.0. The molecule has 0 saturated carbocycles. The van der Waals surface area contributed by atoms with Gasteiger partial charge in [-0.25, -0.2) is 0 Å². The number of rotatable bonds is 9. The minimum absolute atomic E-state index is 1.06. The van der Waals surface area contributed by atoms with Crippen molar-refractivity contribution >= 4 is 50.2 Å². The van der Waals surface area contributed by atoms with Gasteiger partial charge in [0.05, 0.1) is 11.0 Å². The molecule has 0 spiro atoms. The maximum absolute atomic E-state index is 3.70. The molecular formula is C54H39N3. The van der Waals surface area contributed by atoms with Crippen molar-refractivity contribution in [2.45, 2.75) is 0 Å². The van der Waals surface area contributed by atoms with Crippen LogP contribution in [-0.4, -0.2) is 4.57 Å². The van der Waals surface area contributed by atoms with Crippen LogP contribution < -0.4 is 10.2 Å². The number of anilines is 5. The largest absolute Gasteiger partial charge is 0.355 e. The van der Waals surface area contributed by atoms with E-state index in [1.54, 1.807) is 0 Å². The SMILES string of the molecule is c1ccc(Nc2cccc(-c3ccc(N(c4ccccc4)c4ccc5c6c(-c7ccccc7)cccc6n(-c6ccccc6)c5c4)cc3)c2-c2ccccc2)cc1. The lowest BCUT2D eigenvalue weighted by Crippen LogP contribution is -2.10. The molecule has 9 aromatic carbocycles. The number of benzene rings is 9. The van der Waals surface area contributed by atoms with Crippen LogP contribution in [0.1, 0.15) is 0 Å². The Morgan fingerprint density at radius 3 is 1.61 bits per heavy atom. The van der Waals surface area contributed by atoms with Crippen molar-refractivity contribution in [3.63, 3.8) is 0 Å². The highest BCUT2D eigenvalue weighted by Crippen LogP contribution is 2.44. The molecular weight excluding hydrogens is 691 g/mol. The summed E-state index contributed by atoms with van der Waals surface area (Å²) in [5.74, 6) is 0. The molecule has 0 aliphatic heterocycles. The fraction of sp³-hybridized carbons (Fsp3) is 0. The second kappa shape index (κ2) is 14.9. The van der Waals surface area contributed by atoms with Crippen LogP contribution in [0.4, 0.5) is 28.4 Å². The molecule has 1 N–H and O–H groups in total. The zero-order valence-electron chi connectivity index (χ0n) is 31.3. The second-order valence-electron chi connectivity index (χ2n) is 14.2. The minimum atomic E-state index is 1.06. The van der Waals surface area contributed by atoms with Crippen LogP contribution >= 0.6 is 0 Å². The van der Waals surface area contributed by atoms with Gasteiger partial charge in [0.15, 0.2) is 0 Å². The average molecular weight is 730 g/mol. The van der Waals surface area contributed by atoms with E-state index in [0.717, 1.165) is 45.2 Å². The number of aromatic nitrogens is 1. The van der Waals surface area contributed by atoms with Crippen molar-refractivity contribution in [3.8, 4) is 39.1 Å². The van der Waals surface area contributed by atoms with Crippen LogP contribution in [0.15, 0.2) is 231 Å². The predicted molar refractivity (Wildman–Crippen MR) is 241 cm³/mol. The van der Waals surface area contributed by atoms with Gasteiger partial charge in [-0.15, -0.1) is 0 Å². The topological polar surface area (TPSA) is 20.2 Å². The molecule has 1 heterocycles. The zero-order valence-corrected chi connectivity index (χ0v) is 31.3. The first kappa shape index (κ1) is 33.9. The van der Waals surface area contributed by atoms with E-state index in [4.69, 9.17) is 0 Å². The monoisotopic (exact) mass is 729 g/mol. The molecule has 0 fully saturated rings. The third-order valence-electron chi connectivity index (χ3n) is 10.8.